The third-order valence-corrected chi connectivity index (χ3v) is 6.30. The van der Waals surface area contributed by atoms with Gasteiger partial charge < -0.3 is 19.9 Å². The van der Waals surface area contributed by atoms with Crippen molar-refractivity contribution in [1.82, 2.24) is 9.97 Å². The number of nitrogens with zero attached hydrogens (tertiary/aromatic N) is 2. The Morgan fingerprint density at radius 3 is 2.57 bits per heavy atom. The number of aromatic hydroxyl groups is 1. The molecule has 0 spiro atoms. The first kappa shape index (κ1) is 22.7. The van der Waals surface area contributed by atoms with Crippen LogP contribution in [0, 0.1) is 0 Å². The van der Waals surface area contributed by atoms with E-state index in [2.05, 4.69) is 25.9 Å². The second-order valence-electron chi connectivity index (χ2n) is 7.91. The van der Waals surface area contributed by atoms with Crippen LogP contribution in [0.5, 0.6) is 11.5 Å². The van der Waals surface area contributed by atoms with Gasteiger partial charge in [0.1, 0.15) is 5.76 Å². The zero-order chi connectivity index (χ0) is 24.7. The maximum absolute atomic E-state index is 13.3. The highest BCUT2D eigenvalue weighted by molar-refractivity contribution is 9.10. The van der Waals surface area contributed by atoms with Crippen LogP contribution in [-0.2, 0) is 9.59 Å². The number of fused-ring (bicyclic) bond motifs is 1. The van der Waals surface area contributed by atoms with Crippen molar-refractivity contribution in [2.45, 2.75) is 13.0 Å². The Kier molecular flexibility index (Phi) is 5.78. The molecule has 0 aliphatic carbocycles. The number of Topliss-reactive ketones (excluding diaryl/α,β-unsaturated/α-hetero) is 1. The normalized spacial score (nSPS) is 17.3. The van der Waals surface area contributed by atoms with Crippen LogP contribution < -0.4 is 9.64 Å². The van der Waals surface area contributed by atoms with E-state index in [0.717, 1.165) is 4.47 Å². The summed E-state index contributed by atoms with van der Waals surface area (Å²) in [5.74, 6) is -1.71. The Hall–Kier alpha value is -4.11. The number of imidazole rings is 1. The van der Waals surface area contributed by atoms with Crippen LogP contribution in [-0.4, -0.2) is 38.5 Å². The van der Waals surface area contributed by atoms with Gasteiger partial charge in [0.15, 0.2) is 11.5 Å². The average molecular weight is 534 g/mol. The number of amides is 1. The van der Waals surface area contributed by atoms with E-state index in [0.29, 0.717) is 28.8 Å². The number of aromatic nitrogens is 2. The quantitative estimate of drug-likeness (QED) is 0.187. The van der Waals surface area contributed by atoms with Gasteiger partial charge >= 0.3 is 5.91 Å². The highest BCUT2D eigenvalue weighted by atomic mass is 79.9. The van der Waals surface area contributed by atoms with Crippen molar-refractivity contribution in [2.24, 2.45) is 0 Å². The van der Waals surface area contributed by atoms with Gasteiger partial charge in [0.25, 0.3) is 5.78 Å². The van der Waals surface area contributed by atoms with Gasteiger partial charge in [-0.1, -0.05) is 46.3 Å². The number of halogens is 1. The Morgan fingerprint density at radius 1 is 1.11 bits per heavy atom. The van der Waals surface area contributed by atoms with E-state index in [1.165, 1.54) is 11.0 Å². The summed E-state index contributed by atoms with van der Waals surface area (Å²) in [4.78, 5) is 35.5. The van der Waals surface area contributed by atoms with Gasteiger partial charge in [-0.2, -0.15) is 0 Å². The number of hydrogen-bond acceptors (Lipinski definition) is 6. The number of phenols is 1. The average Bonchev–Trinajstić information content (AvgIpc) is 3.39. The molecule has 3 aromatic carbocycles. The van der Waals surface area contributed by atoms with Gasteiger partial charge in [-0.3, -0.25) is 14.5 Å². The lowest BCUT2D eigenvalue weighted by Gasteiger charge is -2.23. The lowest BCUT2D eigenvalue weighted by molar-refractivity contribution is -0.132. The molecule has 3 N–H and O–H groups in total. The summed E-state index contributed by atoms with van der Waals surface area (Å²) in [5, 5.41) is 21.4. The topological polar surface area (TPSA) is 116 Å². The summed E-state index contributed by atoms with van der Waals surface area (Å²) in [6.07, 6.45) is 0. The Morgan fingerprint density at radius 2 is 1.86 bits per heavy atom. The van der Waals surface area contributed by atoms with Gasteiger partial charge in [-0.15, -0.1) is 0 Å². The molecule has 176 valence electrons. The molecular formula is C26H20BrN3O5. The minimum absolute atomic E-state index is 0.0794. The molecule has 9 heteroatoms. The van der Waals surface area contributed by atoms with Crippen molar-refractivity contribution < 1.29 is 24.5 Å². The van der Waals surface area contributed by atoms with E-state index in [4.69, 9.17) is 4.74 Å². The number of aromatic amines is 1. The molecule has 1 saturated heterocycles. The number of anilines is 1. The number of phenolic OH excluding ortho intramolecular Hbond substituents is 1. The first-order valence-electron chi connectivity index (χ1n) is 10.9. The Labute approximate surface area is 208 Å². The molecule has 5 rings (SSSR count). The van der Waals surface area contributed by atoms with Crippen molar-refractivity contribution in [3.63, 3.8) is 0 Å². The number of nitrogens with one attached hydrogen (secondary N) is 1. The predicted octanol–water partition coefficient (Wildman–Crippen LogP) is 5.06. The second-order valence-corrected chi connectivity index (χ2v) is 8.83. The van der Waals surface area contributed by atoms with Crippen molar-refractivity contribution >= 4 is 50.4 Å². The lowest BCUT2D eigenvalue weighted by Crippen LogP contribution is -2.30. The molecule has 1 aliphatic rings. The molecule has 1 aliphatic heterocycles. The number of carbonyl (C=O) groups excluding carboxylic acids is 2. The minimum Gasteiger partial charge on any atom is -0.507 e. The van der Waals surface area contributed by atoms with Gasteiger partial charge in [0.05, 0.1) is 29.3 Å². The predicted molar refractivity (Wildman–Crippen MR) is 134 cm³/mol. The molecule has 0 bridgehead atoms. The number of carbonyl (C=O) groups is 2. The van der Waals surface area contributed by atoms with Crippen molar-refractivity contribution in [3.05, 3.63) is 87.9 Å². The lowest BCUT2D eigenvalue weighted by atomic mass is 9.95. The largest absolute Gasteiger partial charge is 0.507 e. The molecule has 2 heterocycles. The first-order chi connectivity index (χ1) is 16.9. The van der Waals surface area contributed by atoms with Crippen LogP contribution in [0.2, 0.25) is 0 Å². The number of benzene rings is 3. The standard InChI is InChI=1S/C26H20BrN3O5/c1-2-35-20-13-15(9-12-19(20)31)22-21(23(32)14-7-10-16(27)11-8-14)24(33)25(34)30(22)26-28-17-5-3-4-6-18(17)29-26/h3-13,22,31-32H,2H2,1H3,(H,28,29)/b23-21+. The summed E-state index contributed by atoms with van der Waals surface area (Å²) >= 11 is 3.36. The van der Waals surface area contributed by atoms with Crippen LogP contribution in [0.4, 0.5) is 5.95 Å². The Balaban J connectivity index is 1.74. The molecular weight excluding hydrogens is 514 g/mol. The fourth-order valence-electron chi connectivity index (χ4n) is 4.15. The second kappa shape index (κ2) is 8.92. The van der Waals surface area contributed by atoms with E-state index < -0.39 is 17.7 Å². The number of aliphatic hydroxyl groups excluding tert-OH is 1. The molecule has 1 aromatic heterocycles. The van der Waals surface area contributed by atoms with E-state index in [-0.39, 0.29) is 28.8 Å². The number of para-hydroxylation sites is 2. The van der Waals surface area contributed by atoms with Crippen LogP contribution in [0.1, 0.15) is 24.1 Å². The molecule has 35 heavy (non-hydrogen) atoms. The van der Waals surface area contributed by atoms with Crippen molar-refractivity contribution in [2.75, 3.05) is 11.5 Å². The Bertz CT molecular complexity index is 1460. The highest BCUT2D eigenvalue weighted by Gasteiger charge is 2.48. The van der Waals surface area contributed by atoms with Gasteiger partial charge in [-0.05, 0) is 48.9 Å². The zero-order valence-corrected chi connectivity index (χ0v) is 20.1. The number of hydrogen-bond donors (Lipinski definition) is 3. The summed E-state index contributed by atoms with van der Waals surface area (Å²) < 4.78 is 6.33. The summed E-state index contributed by atoms with van der Waals surface area (Å²) in [6.45, 7) is 2.08. The number of H-pyrrole nitrogens is 1. The van der Waals surface area contributed by atoms with Crippen molar-refractivity contribution in [3.8, 4) is 11.5 Å². The van der Waals surface area contributed by atoms with Crippen LogP contribution in [0.3, 0.4) is 0 Å². The van der Waals surface area contributed by atoms with Crippen molar-refractivity contribution in [1.29, 1.82) is 0 Å². The van der Waals surface area contributed by atoms with Gasteiger partial charge in [-0.25, -0.2) is 4.98 Å². The number of ketones is 1. The van der Waals surface area contributed by atoms with E-state index >= 15 is 0 Å². The summed E-state index contributed by atoms with van der Waals surface area (Å²) in [5.41, 5.74) is 2.06. The maximum atomic E-state index is 13.3. The van der Waals surface area contributed by atoms with Gasteiger partial charge in [0, 0.05) is 10.0 Å². The molecule has 1 unspecified atom stereocenters. The van der Waals surface area contributed by atoms with Crippen LogP contribution >= 0.6 is 15.9 Å². The molecule has 1 amide bonds. The number of ether oxygens (including phenoxy) is 1. The molecule has 4 aromatic rings. The zero-order valence-electron chi connectivity index (χ0n) is 18.5. The van der Waals surface area contributed by atoms with E-state index in [1.54, 1.807) is 49.4 Å². The fourth-order valence-corrected chi connectivity index (χ4v) is 4.42. The third kappa shape index (κ3) is 3.93. The number of aliphatic hydroxyl groups is 1. The SMILES string of the molecule is CCOc1cc(C2/C(=C(\O)c3ccc(Br)cc3)C(=O)C(=O)N2c2nc3ccccc3[nH]2)ccc1O. The monoisotopic (exact) mass is 533 g/mol. The minimum atomic E-state index is -1.01. The maximum Gasteiger partial charge on any atom is 0.302 e. The van der Waals surface area contributed by atoms with Gasteiger partial charge in [0.2, 0.25) is 5.95 Å². The third-order valence-electron chi connectivity index (χ3n) is 5.77. The van der Waals surface area contributed by atoms with Crippen LogP contribution in [0.25, 0.3) is 16.8 Å². The fraction of sp³-hybridized carbons (Fsp3) is 0.115. The van der Waals surface area contributed by atoms with E-state index in [9.17, 15) is 19.8 Å². The molecule has 1 atom stereocenters. The smallest absolute Gasteiger partial charge is 0.302 e. The molecule has 8 nitrogen and oxygen atoms in total. The molecule has 0 radical (unpaired) electrons. The summed E-state index contributed by atoms with van der Waals surface area (Å²) in [6, 6.07) is 17.6. The molecule has 0 saturated carbocycles. The van der Waals surface area contributed by atoms with E-state index in [1.807, 2.05) is 18.2 Å². The molecule has 1 fully saturated rings. The number of rotatable bonds is 5. The first-order valence-corrected chi connectivity index (χ1v) is 11.7. The highest BCUT2D eigenvalue weighted by Crippen LogP contribution is 2.43. The van der Waals surface area contributed by atoms with Crippen LogP contribution in [0.15, 0.2) is 76.8 Å². The summed E-state index contributed by atoms with van der Waals surface area (Å²) in [7, 11) is 0.